The number of amides is 1. The maximum Gasteiger partial charge on any atom is 0.295 e. The minimum atomic E-state index is -0.768. The number of hydrogen-bond acceptors (Lipinski definition) is 4. The van der Waals surface area contributed by atoms with Gasteiger partial charge in [0.2, 0.25) is 0 Å². The first-order chi connectivity index (χ1) is 14.0. The van der Waals surface area contributed by atoms with Crippen LogP contribution in [0.3, 0.4) is 0 Å². The molecule has 0 aliphatic rings. The Labute approximate surface area is 169 Å². The molecule has 7 heteroatoms. The van der Waals surface area contributed by atoms with Gasteiger partial charge in [0.25, 0.3) is 11.5 Å². The van der Waals surface area contributed by atoms with Crippen molar-refractivity contribution < 1.29 is 14.3 Å². The van der Waals surface area contributed by atoms with Gasteiger partial charge in [0.1, 0.15) is 5.69 Å². The van der Waals surface area contributed by atoms with E-state index in [9.17, 15) is 9.59 Å². The molecule has 1 atom stereocenters. The molecular formula is C22H25N3O4. The monoisotopic (exact) mass is 395 g/mol. The number of para-hydroxylation sites is 3. The van der Waals surface area contributed by atoms with E-state index < -0.39 is 6.10 Å². The summed E-state index contributed by atoms with van der Waals surface area (Å²) < 4.78 is 14.4. The summed E-state index contributed by atoms with van der Waals surface area (Å²) in [5, 5.41) is 2.76. The number of nitrogens with zero attached hydrogens (tertiary/aromatic N) is 2. The fourth-order valence-corrected chi connectivity index (χ4v) is 3.11. The van der Waals surface area contributed by atoms with Crippen molar-refractivity contribution in [3.63, 3.8) is 0 Å². The number of rotatable bonds is 7. The van der Waals surface area contributed by atoms with Gasteiger partial charge in [0, 0.05) is 7.05 Å². The van der Waals surface area contributed by atoms with Gasteiger partial charge in [-0.05, 0) is 37.6 Å². The van der Waals surface area contributed by atoms with Gasteiger partial charge in [-0.2, -0.15) is 0 Å². The van der Waals surface area contributed by atoms with E-state index in [0.29, 0.717) is 23.6 Å². The van der Waals surface area contributed by atoms with Gasteiger partial charge in [-0.1, -0.05) is 37.3 Å². The highest BCUT2D eigenvalue weighted by Crippen LogP contribution is 2.27. The highest BCUT2D eigenvalue weighted by molar-refractivity contribution is 5.94. The van der Waals surface area contributed by atoms with Crippen LogP contribution in [0.5, 0.6) is 11.5 Å². The van der Waals surface area contributed by atoms with E-state index in [0.717, 1.165) is 5.69 Å². The van der Waals surface area contributed by atoms with Crippen molar-refractivity contribution in [2.24, 2.45) is 7.05 Å². The lowest BCUT2D eigenvalue weighted by molar-refractivity contribution is -0.122. The van der Waals surface area contributed by atoms with Crippen molar-refractivity contribution in [2.75, 3.05) is 12.4 Å². The zero-order valence-electron chi connectivity index (χ0n) is 17.0. The zero-order chi connectivity index (χ0) is 21.0. The van der Waals surface area contributed by atoms with Crippen molar-refractivity contribution in [3.8, 4) is 17.2 Å². The normalized spacial score (nSPS) is 11.7. The number of methoxy groups -OCH3 is 1. The number of hydrogen-bond donors (Lipinski definition) is 1. The van der Waals surface area contributed by atoms with Gasteiger partial charge in [-0.3, -0.25) is 14.3 Å². The molecule has 3 aromatic rings. The zero-order valence-corrected chi connectivity index (χ0v) is 17.0. The molecule has 0 aliphatic heterocycles. The SMILES string of the molecule is CC[C@@H](Oc1ccccc1OC)C(=O)Nc1c(C)n(C)n(-c2ccccc2)c1=O. The van der Waals surface area contributed by atoms with Crippen LogP contribution in [0.2, 0.25) is 0 Å². The molecule has 0 unspecified atom stereocenters. The molecule has 1 N–H and O–H groups in total. The van der Waals surface area contributed by atoms with Crippen LogP contribution in [0.1, 0.15) is 19.0 Å². The Morgan fingerprint density at radius 3 is 2.31 bits per heavy atom. The summed E-state index contributed by atoms with van der Waals surface area (Å²) in [6, 6.07) is 16.4. The van der Waals surface area contributed by atoms with Gasteiger partial charge in [0.15, 0.2) is 17.6 Å². The molecule has 1 heterocycles. The van der Waals surface area contributed by atoms with Crippen molar-refractivity contribution in [3.05, 3.63) is 70.6 Å². The van der Waals surface area contributed by atoms with Crippen molar-refractivity contribution in [1.29, 1.82) is 0 Å². The predicted octanol–water partition coefficient (Wildman–Crippen LogP) is 3.29. The van der Waals surface area contributed by atoms with Crippen LogP contribution in [0.15, 0.2) is 59.4 Å². The molecule has 0 radical (unpaired) electrons. The van der Waals surface area contributed by atoms with Crippen molar-refractivity contribution >= 4 is 11.6 Å². The lowest BCUT2D eigenvalue weighted by atomic mass is 10.2. The summed E-state index contributed by atoms with van der Waals surface area (Å²) in [5.41, 5.74) is 1.32. The van der Waals surface area contributed by atoms with E-state index in [4.69, 9.17) is 9.47 Å². The van der Waals surface area contributed by atoms with E-state index >= 15 is 0 Å². The molecule has 29 heavy (non-hydrogen) atoms. The van der Waals surface area contributed by atoms with E-state index in [1.54, 1.807) is 37.9 Å². The minimum absolute atomic E-state index is 0.239. The maximum atomic E-state index is 13.0. The van der Waals surface area contributed by atoms with Gasteiger partial charge < -0.3 is 14.8 Å². The molecule has 0 saturated heterocycles. The van der Waals surface area contributed by atoms with Gasteiger partial charge >= 0.3 is 0 Å². The van der Waals surface area contributed by atoms with E-state index in [2.05, 4.69) is 5.32 Å². The molecule has 0 aliphatic carbocycles. The molecule has 1 amide bonds. The minimum Gasteiger partial charge on any atom is -0.493 e. The lowest BCUT2D eigenvalue weighted by Crippen LogP contribution is -2.34. The average molecular weight is 395 g/mol. The van der Waals surface area contributed by atoms with E-state index in [1.807, 2.05) is 49.4 Å². The molecule has 0 spiro atoms. The van der Waals surface area contributed by atoms with Crippen LogP contribution < -0.4 is 20.3 Å². The second kappa shape index (κ2) is 8.68. The summed E-state index contributed by atoms with van der Waals surface area (Å²) in [6.07, 6.45) is -0.335. The molecule has 3 rings (SSSR count). The first kappa shape index (κ1) is 20.3. The first-order valence-corrected chi connectivity index (χ1v) is 9.42. The highest BCUT2D eigenvalue weighted by atomic mass is 16.5. The summed E-state index contributed by atoms with van der Waals surface area (Å²) in [6.45, 7) is 3.64. The van der Waals surface area contributed by atoms with Gasteiger partial charge in [-0.15, -0.1) is 0 Å². The summed E-state index contributed by atoms with van der Waals surface area (Å²) in [5.74, 6) is 0.633. The molecular weight excluding hydrogens is 370 g/mol. The summed E-state index contributed by atoms with van der Waals surface area (Å²) >= 11 is 0. The van der Waals surface area contributed by atoms with Crippen LogP contribution >= 0.6 is 0 Å². The van der Waals surface area contributed by atoms with E-state index in [1.165, 1.54) is 4.68 Å². The Hall–Kier alpha value is -3.48. The van der Waals surface area contributed by atoms with Crippen LogP contribution in [0.25, 0.3) is 5.69 Å². The standard InChI is InChI=1S/C22H25N3O4/c1-5-17(29-19-14-10-9-13-18(19)28-4)21(26)23-20-15(2)24(3)25(22(20)27)16-11-7-6-8-12-16/h6-14,17H,5H2,1-4H3,(H,23,26)/t17-/m1/s1. The smallest absolute Gasteiger partial charge is 0.295 e. The summed E-state index contributed by atoms with van der Waals surface area (Å²) in [4.78, 5) is 25.9. The topological polar surface area (TPSA) is 74.5 Å². The second-order valence-electron chi connectivity index (χ2n) is 6.59. The Kier molecular flexibility index (Phi) is 6.07. The fraction of sp³-hybridized carbons (Fsp3) is 0.273. The lowest BCUT2D eigenvalue weighted by Gasteiger charge is -2.18. The van der Waals surface area contributed by atoms with Crippen LogP contribution in [0, 0.1) is 6.92 Å². The molecule has 0 bridgehead atoms. The number of benzene rings is 2. The largest absolute Gasteiger partial charge is 0.493 e. The number of anilines is 1. The predicted molar refractivity (Wildman–Crippen MR) is 112 cm³/mol. The molecule has 0 saturated carbocycles. The Morgan fingerprint density at radius 1 is 1.07 bits per heavy atom. The highest BCUT2D eigenvalue weighted by Gasteiger charge is 2.24. The van der Waals surface area contributed by atoms with Crippen LogP contribution in [-0.2, 0) is 11.8 Å². The van der Waals surface area contributed by atoms with Crippen molar-refractivity contribution in [1.82, 2.24) is 9.36 Å². The molecule has 2 aromatic carbocycles. The molecule has 7 nitrogen and oxygen atoms in total. The average Bonchev–Trinajstić information content (AvgIpc) is 2.95. The molecule has 152 valence electrons. The first-order valence-electron chi connectivity index (χ1n) is 9.42. The summed E-state index contributed by atoms with van der Waals surface area (Å²) in [7, 11) is 3.32. The number of ether oxygens (including phenoxy) is 2. The third-order valence-corrected chi connectivity index (χ3v) is 4.80. The Balaban J connectivity index is 1.87. The quantitative estimate of drug-likeness (QED) is 0.666. The van der Waals surface area contributed by atoms with Crippen LogP contribution in [-0.4, -0.2) is 28.5 Å². The second-order valence-corrected chi connectivity index (χ2v) is 6.59. The Morgan fingerprint density at radius 2 is 1.69 bits per heavy atom. The van der Waals surface area contributed by atoms with Gasteiger partial charge in [0.05, 0.1) is 18.5 Å². The number of nitrogens with one attached hydrogen (secondary N) is 1. The van der Waals surface area contributed by atoms with Gasteiger partial charge in [-0.25, -0.2) is 4.68 Å². The number of carbonyl (C=O) groups is 1. The molecule has 0 fully saturated rings. The third-order valence-electron chi connectivity index (χ3n) is 4.80. The Bertz CT molecular complexity index is 1050. The molecule has 1 aromatic heterocycles. The fourth-order valence-electron chi connectivity index (χ4n) is 3.11. The maximum absolute atomic E-state index is 13.0. The number of carbonyl (C=O) groups excluding carboxylic acids is 1. The van der Waals surface area contributed by atoms with Crippen molar-refractivity contribution in [2.45, 2.75) is 26.4 Å². The van der Waals surface area contributed by atoms with E-state index in [-0.39, 0.29) is 17.2 Å². The third kappa shape index (κ3) is 4.03. The number of aromatic nitrogens is 2. The van der Waals surface area contributed by atoms with Crippen LogP contribution in [0.4, 0.5) is 5.69 Å².